The second-order valence-corrected chi connectivity index (χ2v) is 5.61. The summed E-state index contributed by atoms with van der Waals surface area (Å²) in [6.07, 6.45) is 1.11. The van der Waals surface area contributed by atoms with Crippen LogP contribution in [0.25, 0.3) is 0 Å². The highest BCUT2D eigenvalue weighted by Crippen LogP contribution is 2.37. The first-order valence-electron chi connectivity index (χ1n) is 6.10. The van der Waals surface area contributed by atoms with Gasteiger partial charge in [0.1, 0.15) is 0 Å². The van der Waals surface area contributed by atoms with Gasteiger partial charge in [-0.15, -0.1) is 11.8 Å². The van der Waals surface area contributed by atoms with Gasteiger partial charge in [-0.05, 0) is 36.8 Å². The van der Waals surface area contributed by atoms with Crippen molar-refractivity contribution in [3.8, 4) is 11.5 Å². The summed E-state index contributed by atoms with van der Waals surface area (Å²) < 4.78 is 34.3. The van der Waals surface area contributed by atoms with Crippen molar-refractivity contribution >= 4 is 11.8 Å². The average Bonchev–Trinajstić information content (AvgIpc) is 2.38. The summed E-state index contributed by atoms with van der Waals surface area (Å²) in [5.41, 5.74) is 0.924. The fraction of sp³-hybridized carbons (Fsp3) is 0.538. The normalized spacial score (nSPS) is 23.4. The molecule has 0 bridgehead atoms. The van der Waals surface area contributed by atoms with Gasteiger partial charge in [-0.1, -0.05) is 6.07 Å². The van der Waals surface area contributed by atoms with Crippen LogP contribution < -0.4 is 14.8 Å². The molecular weight excluding hydrogens is 272 g/mol. The van der Waals surface area contributed by atoms with Crippen LogP contribution in [0.5, 0.6) is 11.5 Å². The molecule has 2 unspecified atom stereocenters. The van der Waals surface area contributed by atoms with E-state index in [1.54, 1.807) is 23.9 Å². The Kier molecular flexibility index (Phi) is 4.87. The number of hydrogen-bond donors (Lipinski definition) is 1. The maximum atomic E-state index is 12.4. The highest BCUT2D eigenvalue weighted by Gasteiger charge is 2.21. The lowest BCUT2D eigenvalue weighted by Gasteiger charge is -2.29. The van der Waals surface area contributed by atoms with E-state index in [1.807, 2.05) is 6.07 Å². The van der Waals surface area contributed by atoms with Crippen LogP contribution in [0.15, 0.2) is 18.2 Å². The Hall–Kier alpha value is -1.01. The molecule has 1 aromatic carbocycles. The van der Waals surface area contributed by atoms with E-state index in [1.165, 1.54) is 7.11 Å². The molecule has 1 N–H and O–H groups in total. The van der Waals surface area contributed by atoms with E-state index in [2.05, 4.69) is 17.0 Å². The maximum absolute atomic E-state index is 12.4. The third-order valence-corrected chi connectivity index (χ3v) is 4.19. The van der Waals surface area contributed by atoms with Crippen LogP contribution in [0.4, 0.5) is 8.78 Å². The first kappa shape index (κ1) is 14.4. The van der Waals surface area contributed by atoms with Gasteiger partial charge in [-0.3, -0.25) is 5.32 Å². The SMILES string of the molecule is COc1ccc(C2NC(C)CCS2)cc1OC(F)F. The fourth-order valence-corrected chi connectivity index (χ4v) is 3.38. The minimum Gasteiger partial charge on any atom is -0.493 e. The van der Waals surface area contributed by atoms with Crippen molar-refractivity contribution in [1.82, 2.24) is 5.32 Å². The highest BCUT2D eigenvalue weighted by molar-refractivity contribution is 7.99. The molecule has 1 saturated heterocycles. The molecule has 106 valence electrons. The fourth-order valence-electron chi connectivity index (χ4n) is 1.99. The van der Waals surface area contributed by atoms with E-state index in [0.29, 0.717) is 11.8 Å². The number of hydrogen-bond acceptors (Lipinski definition) is 4. The molecule has 1 aliphatic rings. The molecule has 19 heavy (non-hydrogen) atoms. The Bertz CT molecular complexity index is 431. The number of alkyl halides is 2. The molecule has 1 aromatic rings. The van der Waals surface area contributed by atoms with Gasteiger partial charge in [0, 0.05) is 6.04 Å². The van der Waals surface area contributed by atoms with E-state index >= 15 is 0 Å². The zero-order valence-corrected chi connectivity index (χ0v) is 11.7. The summed E-state index contributed by atoms with van der Waals surface area (Å²) >= 11 is 1.77. The predicted molar refractivity (Wildman–Crippen MR) is 72.0 cm³/mol. The minimum absolute atomic E-state index is 0.0793. The number of ether oxygens (including phenoxy) is 2. The number of thioether (sulfide) groups is 1. The average molecular weight is 289 g/mol. The number of rotatable bonds is 4. The van der Waals surface area contributed by atoms with Gasteiger partial charge in [0.2, 0.25) is 0 Å². The van der Waals surface area contributed by atoms with E-state index in [-0.39, 0.29) is 11.1 Å². The molecule has 0 aromatic heterocycles. The largest absolute Gasteiger partial charge is 0.493 e. The van der Waals surface area contributed by atoms with E-state index in [9.17, 15) is 8.78 Å². The van der Waals surface area contributed by atoms with Gasteiger partial charge in [0.15, 0.2) is 11.5 Å². The van der Waals surface area contributed by atoms with Gasteiger partial charge in [-0.25, -0.2) is 0 Å². The highest BCUT2D eigenvalue weighted by atomic mass is 32.2. The van der Waals surface area contributed by atoms with Crippen molar-refractivity contribution in [2.45, 2.75) is 31.4 Å². The molecule has 0 spiro atoms. The molecule has 1 heterocycles. The summed E-state index contributed by atoms with van der Waals surface area (Å²) in [4.78, 5) is 0. The maximum Gasteiger partial charge on any atom is 0.387 e. The standard InChI is InChI=1S/C13H17F2NO2S/c1-8-5-6-19-12(16-8)9-3-4-10(17-2)11(7-9)18-13(14)15/h3-4,7-8,12-13,16H,5-6H2,1-2H3. The molecule has 2 atom stereocenters. The molecule has 0 amide bonds. The van der Waals surface area contributed by atoms with E-state index < -0.39 is 6.61 Å². The van der Waals surface area contributed by atoms with Crippen LogP contribution in [0.3, 0.4) is 0 Å². The van der Waals surface area contributed by atoms with Gasteiger partial charge in [0.05, 0.1) is 12.5 Å². The number of nitrogens with one attached hydrogen (secondary N) is 1. The van der Waals surface area contributed by atoms with Gasteiger partial charge < -0.3 is 9.47 Å². The van der Waals surface area contributed by atoms with Crippen LogP contribution in [0.2, 0.25) is 0 Å². The van der Waals surface area contributed by atoms with E-state index in [4.69, 9.17) is 4.74 Å². The number of benzene rings is 1. The van der Waals surface area contributed by atoms with Crippen LogP contribution in [-0.2, 0) is 0 Å². The van der Waals surface area contributed by atoms with Crippen molar-refractivity contribution in [2.24, 2.45) is 0 Å². The third-order valence-electron chi connectivity index (χ3n) is 2.98. The Morgan fingerprint density at radius 2 is 2.16 bits per heavy atom. The van der Waals surface area contributed by atoms with Crippen molar-refractivity contribution in [3.63, 3.8) is 0 Å². The number of methoxy groups -OCH3 is 1. The smallest absolute Gasteiger partial charge is 0.387 e. The van der Waals surface area contributed by atoms with Gasteiger partial charge in [-0.2, -0.15) is 8.78 Å². The molecule has 0 radical (unpaired) electrons. The predicted octanol–water partition coefficient (Wildman–Crippen LogP) is 3.41. The Morgan fingerprint density at radius 1 is 1.37 bits per heavy atom. The molecule has 3 nitrogen and oxygen atoms in total. The van der Waals surface area contributed by atoms with E-state index in [0.717, 1.165) is 17.7 Å². The Balaban J connectivity index is 2.21. The summed E-state index contributed by atoms with van der Waals surface area (Å²) in [7, 11) is 1.43. The Labute approximate surface area is 115 Å². The van der Waals surface area contributed by atoms with Crippen LogP contribution in [-0.4, -0.2) is 25.5 Å². The minimum atomic E-state index is -2.85. The zero-order chi connectivity index (χ0) is 13.8. The first-order valence-corrected chi connectivity index (χ1v) is 7.15. The molecule has 0 aliphatic carbocycles. The second kappa shape index (κ2) is 6.43. The topological polar surface area (TPSA) is 30.5 Å². The van der Waals surface area contributed by atoms with Crippen LogP contribution in [0.1, 0.15) is 24.3 Å². The lowest BCUT2D eigenvalue weighted by molar-refractivity contribution is -0.0512. The van der Waals surface area contributed by atoms with Crippen LogP contribution >= 0.6 is 11.8 Å². The second-order valence-electron chi connectivity index (χ2n) is 4.40. The van der Waals surface area contributed by atoms with Crippen molar-refractivity contribution in [1.29, 1.82) is 0 Å². The summed E-state index contributed by atoms with van der Waals surface area (Å²) in [6, 6.07) is 5.58. The molecule has 1 fully saturated rings. The van der Waals surface area contributed by atoms with Crippen LogP contribution in [0, 0.1) is 0 Å². The molecular formula is C13H17F2NO2S. The lowest BCUT2D eigenvalue weighted by atomic mass is 10.1. The Morgan fingerprint density at radius 3 is 2.79 bits per heavy atom. The summed E-state index contributed by atoms with van der Waals surface area (Å²) in [6.45, 7) is -0.734. The van der Waals surface area contributed by atoms with Gasteiger partial charge in [0.25, 0.3) is 0 Å². The quantitative estimate of drug-likeness (QED) is 0.920. The molecule has 6 heteroatoms. The first-order chi connectivity index (χ1) is 9.10. The third kappa shape index (κ3) is 3.73. The lowest BCUT2D eigenvalue weighted by Crippen LogP contribution is -2.33. The van der Waals surface area contributed by atoms with Crippen molar-refractivity contribution < 1.29 is 18.3 Å². The number of halogens is 2. The molecule has 2 rings (SSSR count). The van der Waals surface area contributed by atoms with Crippen molar-refractivity contribution in [3.05, 3.63) is 23.8 Å². The van der Waals surface area contributed by atoms with Gasteiger partial charge >= 0.3 is 6.61 Å². The van der Waals surface area contributed by atoms with Crippen molar-refractivity contribution in [2.75, 3.05) is 12.9 Å². The molecule has 0 saturated carbocycles. The monoisotopic (exact) mass is 289 g/mol. The summed E-state index contributed by atoms with van der Waals surface area (Å²) in [5.74, 6) is 1.45. The zero-order valence-electron chi connectivity index (χ0n) is 10.9. The molecule has 1 aliphatic heterocycles. The summed E-state index contributed by atoms with van der Waals surface area (Å²) in [5, 5.41) is 3.54.